The van der Waals surface area contributed by atoms with Gasteiger partial charge in [-0.2, -0.15) is 0 Å². The van der Waals surface area contributed by atoms with E-state index in [0.717, 1.165) is 24.8 Å². The number of carbonyl (C=O) groups excluding carboxylic acids is 1. The molecule has 2 rings (SSSR count). The second-order valence-corrected chi connectivity index (χ2v) is 5.64. The number of phenols is 1. The predicted octanol–water partition coefficient (Wildman–Crippen LogP) is 4.23. The molecule has 26 heavy (non-hydrogen) atoms. The van der Waals surface area contributed by atoms with Gasteiger partial charge in [0.2, 0.25) is 5.91 Å². The van der Waals surface area contributed by atoms with Gasteiger partial charge in [0.15, 0.2) is 5.82 Å². The molecular weight excluding hydrogens is 340 g/mol. The van der Waals surface area contributed by atoms with E-state index in [9.17, 15) is 18.7 Å². The fraction of sp³-hybridized carbons (Fsp3) is 0.263. The molecule has 0 saturated carbocycles. The van der Waals surface area contributed by atoms with Gasteiger partial charge in [-0.25, -0.2) is 8.78 Å². The molecule has 138 valence electrons. The van der Waals surface area contributed by atoms with Gasteiger partial charge >= 0.3 is 0 Å². The molecule has 0 atom stereocenters. The highest BCUT2D eigenvalue weighted by Gasteiger charge is 2.11. The fourth-order valence-corrected chi connectivity index (χ4v) is 2.49. The van der Waals surface area contributed by atoms with E-state index in [1.165, 1.54) is 13.1 Å². The lowest BCUT2D eigenvalue weighted by Gasteiger charge is -2.21. The number of phenolic OH excluding ortho intramolecular Hbond substituents is 1. The van der Waals surface area contributed by atoms with Crippen LogP contribution in [0.3, 0.4) is 0 Å². The number of anilines is 2. The lowest BCUT2D eigenvalue weighted by Crippen LogP contribution is -2.21. The van der Waals surface area contributed by atoms with E-state index < -0.39 is 17.5 Å². The number of aliphatic imine (C=N–C) groups is 1. The van der Waals surface area contributed by atoms with Crippen LogP contribution in [0.25, 0.3) is 0 Å². The molecule has 0 heterocycles. The molecular formula is C19H21F2N3O2. The maximum absolute atomic E-state index is 13.9. The van der Waals surface area contributed by atoms with E-state index in [4.69, 9.17) is 0 Å². The zero-order chi connectivity index (χ0) is 19.3. The summed E-state index contributed by atoms with van der Waals surface area (Å²) in [7, 11) is 0. The van der Waals surface area contributed by atoms with Crippen molar-refractivity contribution in [3.8, 4) is 5.75 Å². The van der Waals surface area contributed by atoms with Crippen molar-refractivity contribution in [1.82, 2.24) is 0 Å². The Kier molecular flexibility index (Phi) is 6.27. The number of benzene rings is 2. The third-order valence-corrected chi connectivity index (χ3v) is 3.83. The molecule has 0 aromatic heterocycles. The zero-order valence-electron chi connectivity index (χ0n) is 14.9. The minimum absolute atomic E-state index is 0.00255. The monoisotopic (exact) mass is 361 g/mol. The molecule has 2 aromatic rings. The van der Waals surface area contributed by atoms with Crippen molar-refractivity contribution in [3.63, 3.8) is 0 Å². The fourth-order valence-electron chi connectivity index (χ4n) is 2.49. The third kappa shape index (κ3) is 4.56. The molecule has 0 unspecified atom stereocenters. The SMILES string of the molecule is CCN(CC)c1ccc(C=Nc2cc(NC(C)=O)c(F)cc2F)c(O)c1. The summed E-state index contributed by atoms with van der Waals surface area (Å²) in [4.78, 5) is 17.1. The average molecular weight is 361 g/mol. The molecule has 0 fully saturated rings. The molecule has 0 spiro atoms. The van der Waals surface area contributed by atoms with Crippen LogP contribution in [0.1, 0.15) is 26.3 Å². The number of hydrogen-bond acceptors (Lipinski definition) is 4. The molecule has 0 saturated heterocycles. The summed E-state index contributed by atoms with van der Waals surface area (Å²) in [6, 6.07) is 6.86. The van der Waals surface area contributed by atoms with Gasteiger partial charge in [-0.15, -0.1) is 0 Å². The average Bonchev–Trinajstić information content (AvgIpc) is 2.58. The molecule has 2 N–H and O–H groups in total. The summed E-state index contributed by atoms with van der Waals surface area (Å²) in [6.45, 7) is 6.85. The Bertz CT molecular complexity index is 834. The first-order valence-corrected chi connectivity index (χ1v) is 8.24. The first-order chi connectivity index (χ1) is 12.3. The Morgan fingerprint density at radius 2 is 1.88 bits per heavy atom. The largest absolute Gasteiger partial charge is 0.507 e. The Balaban J connectivity index is 2.31. The van der Waals surface area contributed by atoms with Gasteiger partial charge in [0, 0.05) is 49.6 Å². The van der Waals surface area contributed by atoms with Crippen LogP contribution in [0.5, 0.6) is 5.75 Å². The maximum Gasteiger partial charge on any atom is 0.221 e. The quantitative estimate of drug-likeness (QED) is 0.757. The number of nitrogens with one attached hydrogen (secondary N) is 1. The minimum Gasteiger partial charge on any atom is -0.507 e. The molecule has 0 bridgehead atoms. The third-order valence-electron chi connectivity index (χ3n) is 3.83. The second-order valence-electron chi connectivity index (χ2n) is 5.64. The van der Waals surface area contributed by atoms with E-state index in [-0.39, 0.29) is 17.1 Å². The normalized spacial score (nSPS) is 11.0. The first-order valence-electron chi connectivity index (χ1n) is 8.24. The number of halogens is 2. The van der Waals surface area contributed by atoms with Gasteiger partial charge in [0.1, 0.15) is 17.3 Å². The Hall–Kier alpha value is -2.96. The smallest absolute Gasteiger partial charge is 0.221 e. The molecule has 0 aliphatic rings. The van der Waals surface area contributed by atoms with Gasteiger partial charge in [-0.1, -0.05) is 0 Å². The predicted molar refractivity (Wildman–Crippen MR) is 99.6 cm³/mol. The van der Waals surface area contributed by atoms with E-state index in [0.29, 0.717) is 11.6 Å². The molecule has 5 nitrogen and oxygen atoms in total. The maximum atomic E-state index is 13.9. The zero-order valence-corrected chi connectivity index (χ0v) is 14.9. The summed E-state index contributed by atoms with van der Waals surface area (Å²) >= 11 is 0. The number of hydrogen-bond donors (Lipinski definition) is 2. The highest BCUT2D eigenvalue weighted by molar-refractivity contribution is 5.90. The van der Waals surface area contributed by atoms with Gasteiger partial charge < -0.3 is 15.3 Å². The van der Waals surface area contributed by atoms with Crippen molar-refractivity contribution in [2.45, 2.75) is 20.8 Å². The van der Waals surface area contributed by atoms with E-state index in [1.807, 2.05) is 19.9 Å². The Morgan fingerprint density at radius 1 is 1.19 bits per heavy atom. The number of amides is 1. The second kappa shape index (κ2) is 8.42. The van der Waals surface area contributed by atoms with Crippen molar-refractivity contribution < 1.29 is 18.7 Å². The Morgan fingerprint density at radius 3 is 2.46 bits per heavy atom. The number of rotatable bonds is 6. The van der Waals surface area contributed by atoms with Gasteiger partial charge in [0.05, 0.1) is 5.69 Å². The lowest BCUT2D eigenvalue weighted by atomic mass is 10.1. The van der Waals surface area contributed by atoms with Crippen molar-refractivity contribution in [2.75, 3.05) is 23.3 Å². The van der Waals surface area contributed by atoms with Crippen molar-refractivity contribution in [3.05, 3.63) is 47.5 Å². The van der Waals surface area contributed by atoms with Crippen molar-refractivity contribution >= 4 is 29.2 Å². The van der Waals surface area contributed by atoms with Crippen LogP contribution in [-0.4, -0.2) is 30.3 Å². The van der Waals surface area contributed by atoms with Crippen LogP contribution in [0, 0.1) is 11.6 Å². The van der Waals surface area contributed by atoms with Crippen molar-refractivity contribution in [2.24, 2.45) is 4.99 Å². The van der Waals surface area contributed by atoms with Crippen molar-refractivity contribution in [1.29, 1.82) is 0 Å². The summed E-state index contributed by atoms with van der Waals surface area (Å²) < 4.78 is 27.6. The Labute approximate surface area is 151 Å². The molecule has 1 amide bonds. The number of carbonyl (C=O) groups is 1. The van der Waals surface area contributed by atoms with Gasteiger partial charge in [-0.05, 0) is 32.0 Å². The van der Waals surface area contributed by atoms with Crippen LogP contribution >= 0.6 is 0 Å². The van der Waals surface area contributed by atoms with Crippen LogP contribution in [0.4, 0.5) is 25.8 Å². The van der Waals surface area contributed by atoms with Crippen LogP contribution in [-0.2, 0) is 4.79 Å². The highest BCUT2D eigenvalue weighted by atomic mass is 19.1. The molecule has 7 heteroatoms. The van der Waals surface area contributed by atoms with Gasteiger partial charge in [0.25, 0.3) is 0 Å². The van der Waals surface area contributed by atoms with Crippen LogP contribution in [0.2, 0.25) is 0 Å². The lowest BCUT2D eigenvalue weighted by molar-refractivity contribution is -0.114. The minimum atomic E-state index is -0.886. The summed E-state index contributed by atoms with van der Waals surface area (Å²) in [6.07, 6.45) is 1.29. The van der Waals surface area contributed by atoms with E-state index >= 15 is 0 Å². The summed E-state index contributed by atoms with van der Waals surface area (Å²) in [5.74, 6) is -2.23. The summed E-state index contributed by atoms with van der Waals surface area (Å²) in [5, 5.41) is 12.4. The number of aromatic hydroxyl groups is 1. The number of nitrogens with zero attached hydrogens (tertiary/aromatic N) is 2. The molecule has 0 aliphatic carbocycles. The molecule has 0 aliphatic heterocycles. The molecule has 2 aromatic carbocycles. The van der Waals surface area contributed by atoms with E-state index in [2.05, 4.69) is 15.2 Å². The molecule has 0 radical (unpaired) electrons. The topological polar surface area (TPSA) is 64.9 Å². The standard InChI is InChI=1S/C19H21F2N3O2/c1-4-24(5-2)14-7-6-13(19(26)8-14)11-22-17-10-18(23-12(3)25)16(21)9-15(17)20/h6-11,26H,4-5H2,1-3H3,(H,23,25). The van der Waals surface area contributed by atoms with Gasteiger partial charge in [-0.3, -0.25) is 9.79 Å². The van der Waals surface area contributed by atoms with Crippen LogP contribution in [0.15, 0.2) is 35.3 Å². The summed E-state index contributed by atoms with van der Waals surface area (Å²) in [5.41, 5.74) is 0.950. The highest BCUT2D eigenvalue weighted by Crippen LogP contribution is 2.27. The van der Waals surface area contributed by atoms with E-state index in [1.54, 1.807) is 12.1 Å². The van der Waals surface area contributed by atoms with Crippen LogP contribution < -0.4 is 10.2 Å². The first kappa shape index (κ1) is 19.4.